The van der Waals surface area contributed by atoms with Gasteiger partial charge in [-0.1, -0.05) is 6.07 Å². The molecule has 2 fully saturated rings. The monoisotopic (exact) mass is 413 g/mol. The van der Waals surface area contributed by atoms with E-state index in [2.05, 4.69) is 10.6 Å². The fourth-order valence-corrected chi connectivity index (χ4v) is 4.12. The lowest BCUT2D eigenvalue weighted by molar-refractivity contribution is -0.136. The van der Waals surface area contributed by atoms with Gasteiger partial charge in [0.1, 0.15) is 6.04 Å². The second-order valence-corrected chi connectivity index (χ2v) is 7.63. The SMILES string of the molecule is CN(CC(=O)N1CCNCC1)c1cccc2c1C(=O)N(C1CCC(=O)NC1=O)C2=O. The van der Waals surface area contributed by atoms with E-state index in [0.29, 0.717) is 18.8 Å². The van der Waals surface area contributed by atoms with Crippen molar-refractivity contribution < 1.29 is 24.0 Å². The van der Waals surface area contributed by atoms with Crippen molar-refractivity contribution in [3.8, 4) is 0 Å². The van der Waals surface area contributed by atoms with Crippen molar-refractivity contribution in [3.05, 3.63) is 29.3 Å². The fraction of sp³-hybridized carbons (Fsp3) is 0.450. The van der Waals surface area contributed by atoms with E-state index >= 15 is 0 Å². The predicted octanol–water partition coefficient (Wildman–Crippen LogP) is -1.04. The molecule has 0 bridgehead atoms. The Kier molecular flexibility index (Phi) is 5.25. The van der Waals surface area contributed by atoms with Gasteiger partial charge < -0.3 is 15.1 Å². The van der Waals surface area contributed by atoms with Crippen molar-refractivity contribution in [2.75, 3.05) is 44.7 Å². The van der Waals surface area contributed by atoms with Crippen molar-refractivity contribution in [1.82, 2.24) is 20.4 Å². The van der Waals surface area contributed by atoms with Crippen LogP contribution < -0.4 is 15.5 Å². The van der Waals surface area contributed by atoms with Crippen LogP contribution in [-0.2, 0) is 14.4 Å². The average Bonchev–Trinajstić information content (AvgIpc) is 2.99. The largest absolute Gasteiger partial charge is 0.365 e. The highest BCUT2D eigenvalue weighted by Crippen LogP contribution is 2.33. The zero-order chi connectivity index (χ0) is 21.4. The summed E-state index contributed by atoms with van der Waals surface area (Å²) in [5.74, 6) is -2.27. The van der Waals surface area contributed by atoms with Crippen molar-refractivity contribution in [1.29, 1.82) is 0 Å². The van der Waals surface area contributed by atoms with Crippen LogP contribution in [0.5, 0.6) is 0 Å². The van der Waals surface area contributed by atoms with Gasteiger partial charge in [-0.2, -0.15) is 0 Å². The number of nitrogens with zero attached hydrogens (tertiary/aromatic N) is 3. The van der Waals surface area contributed by atoms with Crippen molar-refractivity contribution >= 4 is 35.2 Å². The molecule has 158 valence electrons. The van der Waals surface area contributed by atoms with Crippen LogP contribution in [-0.4, -0.2) is 85.1 Å². The Morgan fingerprint density at radius 2 is 1.87 bits per heavy atom. The Morgan fingerprint density at radius 3 is 2.57 bits per heavy atom. The van der Waals surface area contributed by atoms with Crippen molar-refractivity contribution in [2.24, 2.45) is 0 Å². The first-order chi connectivity index (χ1) is 14.4. The van der Waals surface area contributed by atoms with Crippen LogP contribution in [0, 0.1) is 0 Å². The number of amides is 5. The third-order valence-corrected chi connectivity index (χ3v) is 5.70. The standard InChI is InChI=1S/C20H23N5O5/c1-23(11-16(27)24-9-7-21-8-10-24)13-4-2-3-12-17(13)20(30)25(19(12)29)14-5-6-15(26)22-18(14)28/h2-4,14,21H,5-11H2,1H3,(H,22,26,28). The lowest BCUT2D eigenvalue weighted by Crippen LogP contribution is -2.54. The molecule has 3 aliphatic rings. The second kappa shape index (κ2) is 7.86. The van der Waals surface area contributed by atoms with Gasteiger partial charge in [-0.3, -0.25) is 34.2 Å². The molecule has 0 aromatic heterocycles. The molecule has 0 saturated carbocycles. The van der Waals surface area contributed by atoms with E-state index in [0.717, 1.165) is 18.0 Å². The van der Waals surface area contributed by atoms with Gasteiger partial charge in [-0.05, 0) is 18.6 Å². The molecule has 10 nitrogen and oxygen atoms in total. The lowest BCUT2D eigenvalue weighted by atomic mass is 10.0. The number of nitrogens with one attached hydrogen (secondary N) is 2. The molecule has 5 amide bonds. The molecule has 1 aromatic rings. The Bertz CT molecular complexity index is 940. The van der Waals surface area contributed by atoms with Gasteiger partial charge in [0.2, 0.25) is 17.7 Å². The third-order valence-electron chi connectivity index (χ3n) is 5.70. The highest BCUT2D eigenvalue weighted by Gasteiger charge is 2.46. The molecule has 30 heavy (non-hydrogen) atoms. The number of carbonyl (C=O) groups excluding carboxylic acids is 5. The maximum Gasteiger partial charge on any atom is 0.264 e. The topological polar surface area (TPSA) is 119 Å². The van der Waals surface area contributed by atoms with Crippen LogP contribution in [0.15, 0.2) is 18.2 Å². The number of fused-ring (bicyclic) bond motifs is 1. The number of hydrogen-bond donors (Lipinski definition) is 2. The summed E-state index contributed by atoms with van der Waals surface area (Å²) in [5.41, 5.74) is 0.843. The van der Waals surface area contributed by atoms with Gasteiger partial charge in [-0.25, -0.2) is 0 Å². The van der Waals surface area contributed by atoms with Crippen LogP contribution in [0.25, 0.3) is 0 Å². The first-order valence-corrected chi connectivity index (χ1v) is 9.92. The minimum absolute atomic E-state index is 0.0598. The summed E-state index contributed by atoms with van der Waals surface area (Å²) in [6.45, 7) is 2.80. The van der Waals surface area contributed by atoms with E-state index in [9.17, 15) is 24.0 Å². The second-order valence-electron chi connectivity index (χ2n) is 7.63. The van der Waals surface area contributed by atoms with Gasteiger partial charge in [0.05, 0.1) is 23.4 Å². The Balaban J connectivity index is 1.57. The van der Waals surface area contributed by atoms with Gasteiger partial charge in [0.25, 0.3) is 11.8 Å². The summed E-state index contributed by atoms with van der Waals surface area (Å²) in [7, 11) is 1.70. The average molecular weight is 413 g/mol. The zero-order valence-electron chi connectivity index (χ0n) is 16.6. The zero-order valence-corrected chi connectivity index (χ0v) is 16.6. The molecule has 0 radical (unpaired) electrons. The van der Waals surface area contributed by atoms with E-state index in [1.807, 2.05) is 0 Å². The van der Waals surface area contributed by atoms with E-state index < -0.39 is 29.7 Å². The molecule has 3 aliphatic heterocycles. The Morgan fingerprint density at radius 1 is 1.13 bits per heavy atom. The normalized spacial score (nSPS) is 21.6. The van der Waals surface area contributed by atoms with Crippen molar-refractivity contribution in [2.45, 2.75) is 18.9 Å². The Labute approximate surface area is 173 Å². The van der Waals surface area contributed by atoms with Crippen LogP contribution in [0.4, 0.5) is 5.69 Å². The molecular formula is C20H23N5O5. The molecule has 1 atom stereocenters. The van der Waals surface area contributed by atoms with Gasteiger partial charge in [0, 0.05) is 39.6 Å². The molecule has 0 aliphatic carbocycles. The maximum atomic E-state index is 13.2. The van der Waals surface area contributed by atoms with Crippen LogP contribution in [0.2, 0.25) is 0 Å². The molecule has 4 rings (SSSR count). The molecule has 1 unspecified atom stereocenters. The number of piperidine rings is 1. The molecule has 1 aromatic carbocycles. The van der Waals surface area contributed by atoms with Crippen LogP contribution in [0.3, 0.4) is 0 Å². The number of likely N-dealkylation sites (N-methyl/N-ethyl adjacent to an activating group) is 1. The number of imide groups is 2. The summed E-state index contributed by atoms with van der Waals surface area (Å²) >= 11 is 0. The van der Waals surface area contributed by atoms with Gasteiger partial charge >= 0.3 is 0 Å². The molecule has 0 spiro atoms. The lowest BCUT2D eigenvalue weighted by Gasteiger charge is -2.30. The highest BCUT2D eigenvalue weighted by atomic mass is 16.2. The van der Waals surface area contributed by atoms with Crippen LogP contribution in [0.1, 0.15) is 33.6 Å². The number of anilines is 1. The molecule has 10 heteroatoms. The quantitative estimate of drug-likeness (QED) is 0.605. The third kappa shape index (κ3) is 3.43. The van der Waals surface area contributed by atoms with Crippen molar-refractivity contribution in [3.63, 3.8) is 0 Å². The number of rotatable bonds is 4. The first-order valence-electron chi connectivity index (χ1n) is 9.92. The molecular weight excluding hydrogens is 390 g/mol. The van der Waals surface area contributed by atoms with E-state index in [1.165, 1.54) is 6.07 Å². The summed E-state index contributed by atoms with van der Waals surface area (Å²) in [6.07, 6.45) is 0.165. The predicted molar refractivity (Wildman–Crippen MR) is 106 cm³/mol. The highest BCUT2D eigenvalue weighted by molar-refractivity contribution is 6.25. The summed E-state index contributed by atoms with van der Waals surface area (Å²) in [5, 5.41) is 5.38. The van der Waals surface area contributed by atoms with Gasteiger partial charge in [0.15, 0.2) is 0 Å². The number of carbonyl (C=O) groups is 5. The minimum atomic E-state index is -1.02. The Hall–Kier alpha value is -3.27. The van der Waals surface area contributed by atoms with Gasteiger partial charge in [-0.15, -0.1) is 0 Å². The smallest absolute Gasteiger partial charge is 0.264 e. The molecule has 2 saturated heterocycles. The maximum absolute atomic E-state index is 13.2. The van der Waals surface area contributed by atoms with E-state index in [1.54, 1.807) is 29.0 Å². The summed E-state index contributed by atoms with van der Waals surface area (Å²) in [4.78, 5) is 66.7. The minimum Gasteiger partial charge on any atom is -0.365 e. The number of benzene rings is 1. The first kappa shape index (κ1) is 20.0. The molecule has 3 heterocycles. The van der Waals surface area contributed by atoms with E-state index in [-0.39, 0.29) is 36.4 Å². The number of piperazine rings is 1. The number of hydrogen-bond acceptors (Lipinski definition) is 7. The summed E-state index contributed by atoms with van der Waals surface area (Å²) < 4.78 is 0. The van der Waals surface area contributed by atoms with E-state index in [4.69, 9.17) is 0 Å². The fourth-order valence-electron chi connectivity index (χ4n) is 4.12. The molecule has 2 N–H and O–H groups in total. The van der Waals surface area contributed by atoms with Crippen LogP contribution >= 0.6 is 0 Å². The summed E-state index contributed by atoms with van der Waals surface area (Å²) in [6, 6.07) is 3.86.